The second kappa shape index (κ2) is 8.84. The molecule has 0 radical (unpaired) electrons. The number of nitrogens with two attached hydrogens (primary N) is 1. The van der Waals surface area contributed by atoms with Crippen molar-refractivity contribution in [3.63, 3.8) is 0 Å². The Hall–Kier alpha value is -1.34. The van der Waals surface area contributed by atoms with Gasteiger partial charge in [-0.3, -0.25) is 0 Å². The lowest BCUT2D eigenvalue weighted by Gasteiger charge is -2.13. The third-order valence-electron chi connectivity index (χ3n) is 4.29. The minimum atomic E-state index is 0.294. The van der Waals surface area contributed by atoms with E-state index in [1.54, 1.807) is 0 Å². The number of hydrogen-bond donors (Lipinski definition) is 1. The molecule has 2 rings (SSSR count). The first-order valence-electron chi connectivity index (χ1n) is 8.53. The summed E-state index contributed by atoms with van der Waals surface area (Å²) in [5.74, 6) is 0. The highest BCUT2D eigenvalue weighted by atomic mass is 14.6. The first kappa shape index (κ1) is 16.0. The fraction of sp³-hybridized carbons (Fsp3) is 0.500. The largest absolute Gasteiger partial charge is 0.327 e. The van der Waals surface area contributed by atoms with Gasteiger partial charge in [-0.05, 0) is 29.2 Å². The molecule has 2 aromatic carbocycles. The van der Waals surface area contributed by atoms with Crippen molar-refractivity contribution in [1.82, 2.24) is 0 Å². The van der Waals surface area contributed by atoms with Gasteiger partial charge in [0, 0.05) is 6.04 Å². The van der Waals surface area contributed by atoms with Crippen LogP contribution in [0.4, 0.5) is 0 Å². The molecule has 1 heteroatoms. The summed E-state index contributed by atoms with van der Waals surface area (Å²) in [7, 11) is 0. The third-order valence-corrected chi connectivity index (χ3v) is 4.29. The van der Waals surface area contributed by atoms with Crippen LogP contribution in [0.2, 0.25) is 0 Å². The Labute approximate surface area is 129 Å². The van der Waals surface area contributed by atoms with Gasteiger partial charge in [0.1, 0.15) is 0 Å². The minimum Gasteiger partial charge on any atom is -0.327 e. The summed E-state index contributed by atoms with van der Waals surface area (Å²) in [6.45, 7) is 2.26. The van der Waals surface area contributed by atoms with Crippen LogP contribution in [0.1, 0.15) is 57.4 Å². The molecule has 0 aliphatic carbocycles. The highest BCUT2D eigenvalue weighted by molar-refractivity contribution is 5.85. The van der Waals surface area contributed by atoms with E-state index in [0.29, 0.717) is 6.04 Å². The molecule has 0 aromatic heterocycles. The molecule has 2 N–H and O–H groups in total. The van der Waals surface area contributed by atoms with Crippen molar-refractivity contribution in [1.29, 1.82) is 0 Å². The molecule has 0 saturated carbocycles. The van der Waals surface area contributed by atoms with Gasteiger partial charge in [-0.15, -0.1) is 0 Å². The smallest absolute Gasteiger partial charge is 0.00795 e. The Morgan fingerprint density at radius 1 is 0.857 bits per heavy atom. The van der Waals surface area contributed by atoms with Gasteiger partial charge in [-0.1, -0.05) is 87.9 Å². The summed E-state index contributed by atoms with van der Waals surface area (Å²) in [6, 6.07) is 15.5. The maximum atomic E-state index is 6.34. The average Bonchev–Trinajstić information content (AvgIpc) is 2.51. The quantitative estimate of drug-likeness (QED) is 0.607. The van der Waals surface area contributed by atoms with Gasteiger partial charge >= 0.3 is 0 Å². The van der Waals surface area contributed by atoms with Gasteiger partial charge in [-0.25, -0.2) is 0 Å². The molecule has 114 valence electrons. The standard InChI is InChI=1S/C20H29N/c1-2-3-4-5-6-7-14-19(21)16-18-13-10-12-17-11-8-9-15-20(17)18/h8-13,15,19H,2-7,14,16,21H2,1H3. The van der Waals surface area contributed by atoms with Gasteiger partial charge in [0.15, 0.2) is 0 Å². The van der Waals surface area contributed by atoms with Crippen LogP contribution in [-0.2, 0) is 6.42 Å². The Bertz CT molecular complexity index is 527. The molecule has 0 aliphatic rings. The van der Waals surface area contributed by atoms with Gasteiger partial charge in [-0.2, -0.15) is 0 Å². The van der Waals surface area contributed by atoms with E-state index in [4.69, 9.17) is 5.73 Å². The van der Waals surface area contributed by atoms with Crippen LogP contribution in [0.3, 0.4) is 0 Å². The van der Waals surface area contributed by atoms with Crippen molar-refractivity contribution in [3.05, 3.63) is 48.0 Å². The Morgan fingerprint density at radius 2 is 1.57 bits per heavy atom. The van der Waals surface area contributed by atoms with Crippen molar-refractivity contribution in [3.8, 4) is 0 Å². The van der Waals surface area contributed by atoms with E-state index in [-0.39, 0.29) is 0 Å². The lowest BCUT2D eigenvalue weighted by atomic mass is 9.96. The molecule has 0 saturated heterocycles. The van der Waals surface area contributed by atoms with E-state index in [2.05, 4.69) is 49.4 Å². The monoisotopic (exact) mass is 283 g/mol. The number of rotatable bonds is 9. The van der Waals surface area contributed by atoms with Crippen molar-refractivity contribution in [2.24, 2.45) is 5.73 Å². The number of unbranched alkanes of at least 4 members (excludes halogenated alkanes) is 5. The molecular weight excluding hydrogens is 254 g/mol. The minimum absolute atomic E-state index is 0.294. The van der Waals surface area contributed by atoms with Gasteiger partial charge in [0.05, 0.1) is 0 Å². The lowest BCUT2D eigenvalue weighted by Crippen LogP contribution is -2.22. The van der Waals surface area contributed by atoms with Crippen LogP contribution in [0.5, 0.6) is 0 Å². The molecular formula is C20H29N. The number of hydrogen-bond acceptors (Lipinski definition) is 1. The number of fused-ring (bicyclic) bond motifs is 1. The molecule has 0 spiro atoms. The predicted octanol–water partition coefficient (Wildman–Crippen LogP) is 5.46. The molecule has 1 nitrogen and oxygen atoms in total. The molecule has 2 aromatic rings. The molecule has 0 fully saturated rings. The molecule has 0 heterocycles. The average molecular weight is 283 g/mol. The van der Waals surface area contributed by atoms with E-state index in [1.165, 1.54) is 54.9 Å². The maximum Gasteiger partial charge on any atom is 0.00795 e. The molecule has 21 heavy (non-hydrogen) atoms. The Kier molecular flexibility index (Phi) is 6.75. The van der Waals surface area contributed by atoms with E-state index in [1.807, 2.05) is 0 Å². The lowest BCUT2D eigenvalue weighted by molar-refractivity contribution is 0.533. The zero-order valence-corrected chi connectivity index (χ0v) is 13.4. The topological polar surface area (TPSA) is 26.0 Å². The Morgan fingerprint density at radius 3 is 2.43 bits per heavy atom. The van der Waals surface area contributed by atoms with Crippen molar-refractivity contribution in [2.45, 2.75) is 64.3 Å². The van der Waals surface area contributed by atoms with E-state index < -0.39 is 0 Å². The van der Waals surface area contributed by atoms with Gasteiger partial charge in [0.25, 0.3) is 0 Å². The number of benzene rings is 2. The normalized spacial score (nSPS) is 12.7. The fourth-order valence-corrected chi connectivity index (χ4v) is 3.04. The van der Waals surface area contributed by atoms with Crippen LogP contribution in [-0.4, -0.2) is 6.04 Å². The highest BCUT2D eigenvalue weighted by Crippen LogP contribution is 2.20. The van der Waals surface area contributed by atoms with Crippen LogP contribution in [0.15, 0.2) is 42.5 Å². The highest BCUT2D eigenvalue weighted by Gasteiger charge is 2.07. The fourth-order valence-electron chi connectivity index (χ4n) is 3.04. The van der Waals surface area contributed by atoms with Crippen LogP contribution >= 0.6 is 0 Å². The van der Waals surface area contributed by atoms with Crippen molar-refractivity contribution < 1.29 is 0 Å². The van der Waals surface area contributed by atoms with E-state index >= 15 is 0 Å². The zero-order valence-electron chi connectivity index (χ0n) is 13.4. The maximum absolute atomic E-state index is 6.34. The molecule has 1 atom stereocenters. The second-order valence-electron chi connectivity index (χ2n) is 6.16. The van der Waals surface area contributed by atoms with E-state index in [9.17, 15) is 0 Å². The van der Waals surface area contributed by atoms with Crippen LogP contribution in [0, 0.1) is 0 Å². The first-order valence-corrected chi connectivity index (χ1v) is 8.53. The zero-order chi connectivity index (χ0) is 14.9. The van der Waals surface area contributed by atoms with Crippen LogP contribution in [0.25, 0.3) is 10.8 Å². The summed E-state index contributed by atoms with van der Waals surface area (Å²) in [4.78, 5) is 0. The Balaban J connectivity index is 1.80. The first-order chi connectivity index (χ1) is 10.3. The summed E-state index contributed by atoms with van der Waals surface area (Å²) < 4.78 is 0. The summed E-state index contributed by atoms with van der Waals surface area (Å²) in [6.07, 6.45) is 10.2. The van der Waals surface area contributed by atoms with Crippen molar-refractivity contribution >= 4 is 10.8 Å². The second-order valence-corrected chi connectivity index (χ2v) is 6.16. The molecule has 0 bridgehead atoms. The molecule has 1 unspecified atom stereocenters. The van der Waals surface area contributed by atoms with Crippen molar-refractivity contribution in [2.75, 3.05) is 0 Å². The summed E-state index contributed by atoms with van der Waals surface area (Å²) in [5.41, 5.74) is 7.73. The van der Waals surface area contributed by atoms with E-state index in [0.717, 1.165) is 12.8 Å². The summed E-state index contributed by atoms with van der Waals surface area (Å²) in [5, 5.41) is 2.68. The third kappa shape index (κ3) is 5.17. The molecule has 0 aliphatic heterocycles. The van der Waals surface area contributed by atoms with Gasteiger partial charge < -0.3 is 5.73 Å². The van der Waals surface area contributed by atoms with Gasteiger partial charge in [0.2, 0.25) is 0 Å². The predicted molar refractivity (Wildman–Crippen MR) is 93.6 cm³/mol. The SMILES string of the molecule is CCCCCCCCC(N)Cc1cccc2ccccc12. The van der Waals surface area contributed by atoms with Crippen LogP contribution < -0.4 is 5.73 Å². The molecule has 0 amide bonds. The summed E-state index contributed by atoms with van der Waals surface area (Å²) >= 11 is 0.